The van der Waals surface area contributed by atoms with Crippen molar-refractivity contribution in [3.63, 3.8) is 0 Å². The second-order valence-electron chi connectivity index (χ2n) is 10.2. The zero-order valence-corrected chi connectivity index (χ0v) is 23.4. The van der Waals surface area contributed by atoms with Gasteiger partial charge in [-0.25, -0.2) is 4.79 Å². The van der Waals surface area contributed by atoms with Crippen LogP contribution in [0.5, 0.6) is 0 Å². The molecule has 2 N–H and O–H groups in total. The fourth-order valence-electron chi connectivity index (χ4n) is 5.65. The highest BCUT2D eigenvalue weighted by atomic mass is 32.1. The van der Waals surface area contributed by atoms with Crippen molar-refractivity contribution in [1.82, 2.24) is 9.47 Å². The number of hydrogen-bond donors (Lipinski definition) is 2. The van der Waals surface area contributed by atoms with Crippen molar-refractivity contribution in [2.24, 2.45) is 0 Å². The van der Waals surface area contributed by atoms with Crippen molar-refractivity contribution in [3.05, 3.63) is 80.8 Å². The number of nitrogens with zero attached hydrogens (tertiary/aromatic N) is 2. The summed E-state index contributed by atoms with van der Waals surface area (Å²) < 4.78 is 8.07. The van der Waals surface area contributed by atoms with E-state index in [9.17, 15) is 15.0 Å². The molecule has 0 spiro atoms. The molecular formula is C30H36N2O4S2. The summed E-state index contributed by atoms with van der Waals surface area (Å²) in [4.78, 5) is 16.9. The number of carbonyl (C=O) groups is 1. The number of hydrogen-bond acceptors (Lipinski definition) is 7. The molecule has 4 aromatic rings. The number of aliphatic hydroxyl groups excluding tert-OH is 1. The van der Waals surface area contributed by atoms with Crippen molar-refractivity contribution < 1.29 is 19.7 Å². The predicted molar refractivity (Wildman–Crippen MR) is 154 cm³/mol. The summed E-state index contributed by atoms with van der Waals surface area (Å²) in [5.74, 6) is -0.570. The van der Waals surface area contributed by atoms with Gasteiger partial charge in [0.05, 0.1) is 16.4 Å². The summed E-state index contributed by atoms with van der Waals surface area (Å²) in [7, 11) is 2.19. The molecule has 5 rings (SSSR count). The van der Waals surface area contributed by atoms with E-state index in [1.54, 1.807) is 12.1 Å². The largest absolute Gasteiger partial charge is 0.460 e. The second kappa shape index (κ2) is 12.1. The Kier molecular flexibility index (Phi) is 8.65. The van der Waals surface area contributed by atoms with Crippen molar-refractivity contribution in [1.29, 1.82) is 0 Å². The maximum Gasteiger partial charge on any atom is 0.349 e. The van der Waals surface area contributed by atoms with E-state index in [0.29, 0.717) is 22.3 Å². The molecule has 202 valence electrons. The van der Waals surface area contributed by atoms with Crippen molar-refractivity contribution >= 4 is 39.5 Å². The van der Waals surface area contributed by atoms with Crippen LogP contribution in [0.15, 0.2) is 65.5 Å². The van der Waals surface area contributed by atoms with E-state index in [2.05, 4.69) is 40.9 Å². The van der Waals surface area contributed by atoms with Crippen LogP contribution in [0.25, 0.3) is 10.9 Å². The highest BCUT2D eigenvalue weighted by molar-refractivity contribution is 7.12. The van der Waals surface area contributed by atoms with Gasteiger partial charge in [0.25, 0.3) is 0 Å². The first-order valence-electron chi connectivity index (χ1n) is 13.4. The fourth-order valence-corrected chi connectivity index (χ4v) is 7.36. The smallest absolute Gasteiger partial charge is 0.349 e. The zero-order valence-electron chi connectivity index (χ0n) is 21.8. The van der Waals surface area contributed by atoms with E-state index in [1.807, 2.05) is 29.0 Å². The van der Waals surface area contributed by atoms with Gasteiger partial charge in [0.1, 0.15) is 6.10 Å². The minimum absolute atomic E-state index is 0.139. The first kappa shape index (κ1) is 27.1. The molecular weight excluding hydrogens is 516 g/mol. The minimum atomic E-state index is -1.74. The van der Waals surface area contributed by atoms with Gasteiger partial charge in [-0.1, -0.05) is 30.3 Å². The summed E-state index contributed by atoms with van der Waals surface area (Å²) in [5, 5.41) is 25.9. The Morgan fingerprint density at radius 3 is 2.37 bits per heavy atom. The average molecular weight is 553 g/mol. The number of benzene rings is 1. The number of thiophene rings is 2. The topological polar surface area (TPSA) is 74.9 Å². The van der Waals surface area contributed by atoms with Crippen LogP contribution in [0.4, 0.5) is 0 Å². The van der Waals surface area contributed by atoms with Crippen LogP contribution in [-0.4, -0.2) is 58.0 Å². The molecule has 1 aliphatic carbocycles. The summed E-state index contributed by atoms with van der Waals surface area (Å²) >= 11 is 2.74. The molecule has 38 heavy (non-hydrogen) atoms. The van der Waals surface area contributed by atoms with E-state index in [1.165, 1.54) is 39.1 Å². The standard InChI is InChI=1S/C30H36N2O4S2/c1-31(16-4-7-22-21-32(17-18-33)26-9-3-2-8-25(22)26)23-12-14-24(15-13-23)36-29(34)30(35,27-10-5-19-37-27)28-11-6-20-38-28/h2-3,5-6,8-11,19-21,23-24,33,35H,4,7,12-18H2,1H3. The number of fused-ring (bicyclic) bond motifs is 1. The van der Waals surface area contributed by atoms with Crippen molar-refractivity contribution in [3.8, 4) is 0 Å². The minimum Gasteiger partial charge on any atom is -0.460 e. The van der Waals surface area contributed by atoms with Gasteiger partial charge in [-0.3, -0.25) is 0 Å². The van der Waals surface area contributed by atoms with Gasteiger partial charge in [0.2, 0.25) is 5.60 Å². The Bertz CT molecular complexity index is 1270. The van der Waals surface area contributed by atoms with Crippen LogP contribution < -0.4 is 0 Å². The molecule has 0 saturated heterocycles. The number of aromatic nitrogens is 1. The third kappa shape index (κ3) is 5.60. The van der Waals surface area contributed by atoms with E-state index < -0.39 is 11.6 Å². The molecule has 3 heterocycles. The molecule has 8 heteroatoms. The third-order valence-corrected chi connectivity index (χ3v) is 9.72. The summed E-state index contributed by atoms with van der Waals surface area (Å²) in [6.45, 7) is 1.76. The number of ether oxygens (including phenoxy) is 1. The molecule has 3 aromatic heterocycles. The number of carbonyl (C=O) groups excluding carboxylic acids is 1. The molecule has 6 nitrogen and oxygen atoms in total. The molecule has 0 radical (unpaired) electrons. The van der Waals surface area contributed by atoms with Gasteiger partial charge in [-0.15, -0.1) is 22.7 Å². The SMILES string of the molecule is CN(CCCc1cn(CCO)c2ccccc12)C1CCC(OC(=O)C(O)(c2cccs2)c2cccs2)CC1. The van der Waals surface area contributed by atoms with E-state index in [4.69, 9.17) is 4.74 Å². The molecule has 1 aromatic carbocycles. The molecule has 0 atom stereocenters. The first-order valence-corrected chi connectivity index (χ1v) is 15.2. The van der Waals surface area contributed by atoms with E-state index in [0.717, 1.165) is 45.1 Å². The molecule has 0 amide bonds. The van der Waals surface area contributed by atoms with Crippen LogP contribution in [0.2, 0.25) is 0 Å². The lowest BCUT2D eigenvalue weighted by Crippen LogP contribution is -2.42. The fraction of sp³-hybridized carbons (Fsp3) is 0.433. The lowest BCUT2D eigenvalue weighted by atomic mass is 9.91. The quantitative estimate of drug-likeness (QED) is 0.243. The number of aliphatic hydroxyl groups is 2. The Balaban J connectivity index is 1.12. The predicted octanol–water partition coefficient (Wildman–Crippen LogP) is 5.41. The highest BCUT2D eigenvalue weighted by Crippen LogP contribution is 2.38. The maximum absolute atomic E-state index is 13.3. The summed E-state index contributed by atoms with van der Waals surface area (Å²) in [5.41, 5.74) is 0.779. The molecule has 1 fully saturated rings. The lowest BCUT2D eigenvalue weighted by Gasteiger charge is -2.35. The maximum atomic E-state index is 13.3. The number of rotatable bonds is 11. The van der Waals surface area contributed by atoms with E-state index >= 15 is 0 Å². The van der Waals surface area contributed by atoms with Crippen molar-refractivity contribution in [2.75, 3.05) is 20.2 Å². The van der Waals surface area contributed by atoms with Crippen LogP contribution in [0, 0.1) is 0 Å². The highest BCUT2D eigenvalue weighted by Gasteiger charge is 2.45. The molecule has 1 saturated carbocycles. The Labute approximate surface area is 232 Å². The molecule has 1 aliphatic rings. The molecule has 0 bridgehead atoms. The van der Waals surface area contributed by atoms with Gasteiger partial charge in [0.15, 0.2) is 0 Å². The van der Waals surface area contributed by atoms with Gasteiger partial charge >= 0.3 is 5.97 Å². The van der Waals surface area contributed by atoms with Crippen molar-refractivity contribution in [2.45, 2.75) is 62.8 Å². The summed E-state index contributed by atoms with van der Waals surface area (Å²) in [6, 6.07) is 16.2. The zero-order chi connectivity index (χ0) is 26.5. The van der Waals surface area contributed by atoms with E-state index in [-0.39, 0.29) is 12.7 Å². The first-order chi connectivity index (χ1) is 18.5. The van der Waals surface area contributed by atoms with Crippen LogP contribution in [0.3, 0.4) is 0 Å². The lowest BCUT2D eigenvalue weighted by molar-refractivity contribution is -0.169. The summed E-state index contributed by atoms with van der Waals surface area (Å²) in [6.07, 6.45) is 7.64. The average Bonchev–Trinajstić information content (AvgIpc) is 3.72. The van der Waals surface area contributed by atoms with Crippen LogP contribution >= 0.6 is 22.7 Å². The van der Waals surface area contributed by atoms with Gasteiger partial charge in [-0.2, -0.15) is 0 Å². The number of esters is 1. The second-order valence-corrected chi connectivity index (χ2v) is 12.1. The van der Waals surface area contributed by atoms with Gasteiger partial charge in [0, 0.05) is 29.7 Å². The van der Waals surface area contributed by atoms with Gasteiger partial charge < -0.3 is 24.4 Å². The Morgan fingerprint density at radius 2 is 1.74 bits per heavy atom. The Hall–Kier alpha value is -2.49. The number of aryl methyl sites for hydroxylation is 1. The molecule has 0 unspecified atom stereocenters. The van der Waals surface area contributed by atoms with Crippen LogP contribution in [0.1, 0.15) is 47.4 Å². The monoisotopic (exact) mass is 552 g/mol. The molecule has 0 aliphatic heterocycles. The number of para-hydroxylation sites is 1. The normalized spacial score (nSPS) is 18.3. The Morgan fingerprint density at radius 1 is 1.05 bits per heavy atom. The van der Waals surface area contributed by atoms with Gasteiger partial charge in [-0.05, 0) is 86.6 Å². The third-order valence-electron chi connectivity index (χ3n) is 7.76. The van der Waals surface area contributed by atoms with Crippen LogP contribution in [-0.2, 0) is 28.1 Å².